The molecular formula is C22H20N4O. The summed E-state index contributed by atoms with van der Waals surface area (Å²) < 4.78 is 3.69. The second kappa shape index (κ2) is 7.74. The summed E-state index contributed by atoms with van der Waals surface area (Å²) in [5.74, 6) is 0.597. The molecule has 4 aromatic rings. The Kier molecular flexibility index (Phi) is 4.83. The summed E-state index contributed by atoms with van der Waals surface area (Å²) in [7, 11) is 0. The van der Waals surface area contributed by atoms with E-state index in [0.29, 0.717) is 12.1 Å². The molecule has 1 amide bonds. The number of carbonyl (C=O) groups is 1. The van der Waals surface area contributed by atoms with Gasteiger partial charge in [-0.3, -0.25) is 4.79 Å². The molecule has 0 saturated carbocycles. The Hall–Kier alpha value is -3.60. The van der Waals surface area contributed by atoms with E-state index < -0.39 is 0 Å². The van der Waals surface area contributed by atoms with Gasteiger partial charge >= 0.3 is 0 Å². The second-order valence-electron chi connectivity index (χ2n) is 6.21. The first-order valence-electron chi connectivity index (χ1n) is 8.92. The van der Waals surface area contributed by atoms with Crippen LogP contribution >= 0.6 is 0 Å². The zero-order valence-corrected chi connectivity index (χ0v) is 14.8. The number of carbonyl (C=O) groups excluding carboxylic acids is 1. The van der Waals surface area contributed by atoms with Crippen LogP contribution in [0.1, 0.15) is 15.9 Å². The fourth-order valence-electron chi connectivity index (χ4n) is 3.04. The van der Waals surface area contributed by atoms with Crippen molar-refractivity contribution in [3.8, 4) is 11.5 Å². The van der Waals surface area contributed by atoms with E-state index in [9.17, 15) is 4.79 Å². The molecule has 0 spiro atoms. The van der Waals surface area contributed by atoms with E-state index in [1.807, 2.05) is 77.6 Å². The van der Waals surface area contributed by atoms with Gasteiger partial charge in [-0.2, -0.15) is 5.10 Å². The molecule has 5 heteroatoms. The smallest absolute Gasteiger partial charge is 0.256 e. The number of amides is 1. The molecule has 4 rings (SSSR count). The maximum Gasteiger partial charge on any atom is 0.256 e. The first-order valence-corrected chi connectivity index (χ1v) is 8.92. The Morgan fingerprint density at radius 2 is 1.56 bits per heavy atom. The number of hydrogen-bond acceptors (Lipinski definition) is 2. The van der Waals surface area contributed by atoms with Crippen LogP contribution in [0.4, 0.5) is 0 Å². The first kappa shape index (κ1) is 16.8. The molecule has 2 aromatic heterocycles. The monoisotopic (exact) mass is 356 g/mol. The number of rotatable bonds is 6. The van der Waals surface area contributed by atoms with Crippen LogP contribution in [-0.2, 0) is 6.42 Å². The van der Waals surface area contributed by atoms with Gasteiger partial charge in [0.15, 0.2) is 5.82 Å². The number of nitrogens with zero attached hydrogens (tertiary/aromatic N) is 3. The molecule has 2 heterocycles. The van der Waals surface area contributed by atoms with Gasteiger partial charge in [-0.1, -0.05) is 48.5 Å². The molecule has 0 aliphatic carbocycles. The topological polar surface area (TPSA) is 51.9 Å². The van der Waals surface area contributed by atoms with Crippen molar-refractivity contribution in [3.05, 3.63) is 103 Å². The highest BCUT2D eigenvalue weighted by Crippen LogP contribution is 2.19. The largest absolute Gasteiger partial charge is 0.352 e. The molecule has 0 aliphatic rings. The fraction of sp³-hybridized carbons (Fsp3) is 0.0909. The molecule has 0 radical (unpaired) electrons. The molecule has 5 nitrogen and oxygen atoms in total. The summed E-state index contributed by atoms with van der Waals surface area (Å²) in [6.07, 6.45) is 6.24. The van der Waals surface area contributed by atoms with Crippen molar-refractivity contribution in [2.75, 3.05) is 6.54 Å². The van der Waals surface area contributed by atoms with Crippen LogP contribution in [0.15, 0.2) is 91.4 Å². The minimum atomic E-state index is -0.128. The van der Waals surface area contributed by atoms with Crippen LogP contribution in [-0.4, -0.2) is 26.8 Å². The lowest BCUT2D eigenvalue weighted by Gasteiger charge is -2.11. The number of hydrogen-bond donors (Lipinski definition) is 1. The second-order valence-corrected chi connectivity index (χ2v) is 6.21. The molecule has 1 N–H and O–H groups in total. The summed E-state index contributed by atoms with van der Waals surface area (Å²) in [6.45, 7) is 0.574. The zero-order valence-electron chi connectivity index (χ0n) is 14.8. The van der Waals surface area contributed by atoms with Crippen LogP contribution in [0.5, 0.6) is 0 Å². The van der Waals surface area contributed by atoms with Crippen molar-refractivity contribution in [1.29, 1.82) is 0 Å². The van der Waals surface area contributed by atoms with Crippen LogP contribution in [0.2, 0.25) is 0 Å². The third-order valence-corrected chi connectivity index (χ3v) is 4.38. The van der Waals surface area contributed by atoms with E-state index in [2.05, 4.69) is 22.5 Å². The van der Waals surface area contributed by atoms with E-state index in [-0.39, 0.29) is 5.91 Å². The number of para-hydroxylation sites is 1. The Morgan fingerprint density at radius 3 is 2.26 bits per heavy atom. The van der Waals surface area contributed by atoms with Crippen molar-refractivity contribution in [3.63, 3.8) is 0 Å². The minimum Gasteiger partial charge on any atom is -0.352 e. The van der Waals surface area contributed by atoms with E-state index >= 15 is 0 Å². The third kappa shape index (κ3) is 3.67. The normalized spacial score (nSPS) is 10.7. The van der Waals surface area contributed by atoms with E-state index in [0.717, 1.165) is 17.9 Å². The number of nitrogens with one attached hydrogen (secondary N) is 1. The van der Waals surface area contributed by atoms with Crippen LogP contribution in [0.3, 0.4) is 0 Å². The zero-order chi connectivity index (χ0) is 18.5. The third-order valence-electron chi connectivity index (χ3n) is 4.38. The summed E-state index contributed by atoms with van der Waals surface area (Å²) in [5.41, 5.74) is 2.65. The summed E-state index contributed by atoms with van der Waals surface area (Å²) in [5, 5.41) is 7.47. The molecule has 0 unspecified atom stereocenters. The van der Waals surface area contributed by atoms with Gasteiger partial charge in [-0.05, 0) is 36.2 Å². The highest BCUT2D eigenvalue weighted by Gasteiger charge is 2.19. The van der Waals surface area contributed by atoms with E-state index in [1.54, 1.807) is 10.9 Å². The molecule has 27 heavy (non-hydrogen) atoms. The van der Waals surface area contributed by atoms with Crippen molar-refractivity contribution in [1.82, 2.24) is 19.7 Å². The Balaban J connectivity index is 1.59. The highest BCUT2D eigenvalue weighted by atomic mass is 16.1. The Bertz CT molecular complexity index is 1010. The SMILES string of the molecule is O=C(NCCc1ccccc1)c1cnn(-c2ccccc2)c1-n1cccc1. The van der Waals surface area contributed by atoms with Gasteiger partial charge in [0.25, 0.3) is 5.91 Å². The predicted molar refractivity (Wildman–Crippen MR) is 105 cm³/mol. The van der Waals surface area contributed by atoms with Crippen molar-refractivity contribution < 1.29 is 4.79 Å². The molecule has 134 valence electrons. The van der Waals surface area contributed by atoms with Crippen molar-refractivity contribution in [2.24, 2.45) is 0 Å². The van der Waals surface area contributed by atoms with Gasteiger partial charge in [0, 0.05) is 18.9 Å². The highest BCUT2D eigenvalue weighted by molar-refractivity contribution is 5.97. The van der Waals surface area contributed by atoms with Crippen LogP contribution in [0, 0.1) is 0 Å². The summed E-state index contributed by atoms with van der Waals surface area (Å²) in [4.78, 5) is 12.8. The van der Waals surface area contributed by atoms with Gasteiger partial charge in [0.05, 0.1) is 11.9 Å². The van der Waals surface area contributed by atoms with Crippen LogP contribution in [0.25, 0.3) is 11.5 Å². The number of benzene rings is 2. The van der Waals surface area contributed by atoms with Crippen LogP contribution < -0.4 is 5.32 Å². The van der Waals surface area contributed by atoms with Gasteiger partial charge in [0.2, 0.25) is 0 Å². The molecule has 0 fully saturated rings. The average molecular weight is 356 g/mol. The van der Waals surface area contributed by atoms with Gasteiger partial charge < -0.3 is 9.88 Å². The number of aromatic nitrogens is 3. The summed E-state index contributed by atoms with van der Waals surface area (Å²) in [6, 6.07) is 23.8. The lowest BCUT2D eigenvalue weighted by molar-refractivity contribution is 0.0954. The predicted octanol–water partition coefficient (Wildman–Crippen LogP) is 3.64. The molecule has 0 saturated heterocycles. The maximum atomic E-state index is 12.8. The van der Waals surface area contributed by atoms with Gasteiger partial charge in [-0.15, -0.1) is 0 Å². The lowest BCUT2D eigenvalue weighted by atomic mass is 10.1. The maximum absolute atomic E-state index is 12.8. The lowest BCUT2D eigenvalue weighted by Crippen LogP contribution is -2.26. The minimum absolute atomic E-state index is 0.128. The van der Waals surface area contributed by atoms with Gasteiger partial charge in [-0.25, -0.2) is 4.68 Å². The Morgan fingerprint density at radius 1 is 0.889 bits per heavy atom. The summed E-state index contributed by atoms with van der Waals surface area (Å²) >= 11 is 0. The standard InChI is InChI=1S/C22H20N4O/c27-21(23-14-13-18-9-3-1-4-10-18)20-17-24-26(19-11-5-2-6-12-19)22(20)25-15-7-8-16-25/h1-12,15-17H,13-14H2,(H,23,27). The Labute approximate surface area is 157 Å². The molecule has 2 aromatic carbocycles. The van der Waals surface area contributed by atoms with E-state index in [1.165, 1.54) is 5.56 Å². The fourth-order valence-corrected chi connectivity index (χ4v) is 3.04. The van der Waals surface area contributed by atoms with Gasteiger partial charge in [0.1, 0.15) is 5.56 Å². The molecule has 0 bridgehead atoms. The first-order chi connectivity index (χ1) is 13.3. The molecule has 0 aliphatic heterocycles. The van der Waals surface area contributed by atoms with Crippen molar-refractivity contribution in [2.45, 2.75) is 6.42 Å². The van der Waals surface area contributed by atoms with E-state index in [4.69, 9.17) is 0 Å². The van der Waals surface area contributed by atoms with Crippen molar-refractivity contribution >= 4 is 5.91 Å². The average Bonchev–Trinajstić information content (AvgIpc) is 3.39. The quantitative estimate of drug-likeness (QED) is 0.573. The molecule has 0 atom stereocenters. The molecular weight excluding hydrogens is 336 g/mol.